The third kappa shape index (κ3) is 8.27. The van der Waals surface area contributed by atoms with E-state index in [4.69, 9.17) is 19.4 Å². The van der Waals surface area contributed by atoms with E-state index in [0.29, 0.717) is 25.8 Å². The number of hydrogen-bond donors (Lipinski definition) is 2. The van der Waals surface area contributed by atoms with Gasteiger partial charge in [0, 0.05) is 71.6 Å². The van der Waals surface area contributed by atoms with Gasteiger partial charge in [-0.3, -0.25) is 24.4 Å². The van der Waals surface area contributed by atoms with Gasteiger partial charge in [-0.2, -0.15) is 0 Å². The van der Waals surface area contributed by atoms with Crippen molar-refractivity contribution in [3.8, 4) is 22.5 Å². The molecule has 5 heterocycles. The minimum atomic E-state index is -0.836. The fourth-order valence-electron chi connectivity index (χ4n) is 8.42. The summed E-state index contributed by atoms with van der Waals surface area (Å²) in [6.45, 7) is 12.8. The average molecular weight is 784 g/mol. The van der Waals surface area contributed by atoms with E-state index in [0.717, 1.165) is 69.2 Å². The Labute approximate surface area is 334 Å². The third-order valence-electron chi connectivity index (χ3n) is 11.9. The molecule has 3 aromatic heterocycles. The number of carbonyl (C=O) groups is 3. The number of esters is 1. The van der Waals surface area contributed by atoms with Crippen LogP contribution in [0.15, 0.2) is 41.9 Å². The number of methoxy groups -OCH3 is 1. The van der Waals surface area contributed by atoms with Gasteiger partial charge in [0.05, 0.1) is 34.8 Å². The molecule has 13 heteroatoms. The van der Waals surface area contributed by atoms with Crippen LogP contribution in [0.5, 0.6) is 0 Å². The number of aromatic nitrogens is 3. The summed E-state index contributed by atoms with van der Waals surface area (Å²) in [6, 6.07) is 9.16. The van der Waals surface area contributed by atoms with Gasteiger partial charge in [0.25, 0.3) is 5.91 Å². The van der Waals surface area contributed by atoms with Gasteiger partial charge in [-0.1, -0.05) is 33.8 Å². The number of benzene rings is 1. The molecule has 12 nitrogen and oxygen atoms in total. The van der Waals surface area contributed by atoms with Gasteiger partial charge < -0.3 is 24.3 Å². The largest absolute Gasteiger partial charge is 0.464 e. The zero-order valence-electron chi connectivity index (χ0n) is 34.1. The molecular formula is C43H57N7O5S. The summed E-state index contributed by atoms with van der Waals surface area (Å²) < 4.78 is 14.4. The summed E-state index contributed by atoms with van der Waals surface area (Å²) in [5, 5.41) is 8.48. The predicted octanol–water partition coefficient (Wildman–Crippen LogP) is 6.04. The summed E-state index contributed by atoms with van der Waals surface area (Å²) in [5.74, 6) is -0.365. The highest BCUT2D eigenvalue weighted by atomic mass is 32.1. The Morgan fingerprint density at radius 1 is 1.20 bits per heavy atom. The molecule has 1 aliphatic carbocycles. The van der Waals surface area contributed by atoms with E-state index in [2.05, 4.69) is 86.3 Å². The zero-order valence-corrected chi connectivity index (χ0v) is 34.9. The van der Waals surface area contributed by atoms with Crippen LogP contribution in [-0.4, -0.2) is 95.2 Å². The Morgan fingerprint density at radius 2 is 1.98 bits per heavy atom. The highest BCUT2D eigenvalue weighted by Gasteiger charge is 2.49. The summed E-state index contributed by atoms with van der Waals surface area (Å²) in [6.07, 6.45) is 4.57. The Kier molecular flexibility index (Phi) is 11.7. The first-order chi connectivity index (χ1) is 26.8. The van der Waals surface area contributed by atoms with Crippen LogP contribution in [-0.2, 0) is 43.2 Å². The molecule has 2 aliphatic heterocycles. The minimum Gasteiger partial charge on any atom is -0.464 e. The lowest BCUT2D eigenvalue weighted by molar-refractivity contribution is -0.155. The van der Waals surface area contributed by atoms with E-state index in [1.54, 1.807) is 7.11 Å². The fourth-order valence-corrected chi connectivity index (χ4v) is 9.27. The number of carbonyl (C=O) groups excluding carboxylic acids is 3. The van der Waals surface area contributed by atoms with Crippen molar-refractivity contribution in [2.24, 2.45) is 23.2 Å². The lowest BCUT2D eigenvalue weighted by Gasteiger charge is -2.35. The molecule has 1 aromatic carbocycles. The van der Waals surface area contributed by atoms with Gasteiger partial charge >= 0.3 is 5.97 Å². The van der Waals surface area contributed by atoms with Crippen molar-refractivity contribution in [3.63, 3.8) is 0 Å². The number of fused-ring (bicyclic) bond motifs is 6. The van der Waals surface area contributed by atoms with E-state index in [1.165, 1.54) is 16.3 Å². The normalized spacial score (nSPS) is 24.5. The Balaban J connectivity index is 1.37. The van der Waals surface area contributed by atoms with Crippen LogP contribution in [0.3, 0.4) is 0 Å². The molecular weight excluding hydrogens is 727 g/mol. The molecule has 56 heavy (non-hydrogen) atoms. The Morgan fingerprint density at radius 3 is 2.71 bits per heavy atom. The van der Waals surface area contributed by atoms with E-state index in [9.17, 15) is 14.4 Å². The number of amides is 2. The molecule has 2 fully saturated rings. The number of ether oxygens (including phenoxy) is 2. The van der Waals surface area contributed by atoms with Gasteiger partial charge in [0.1, 0.15) is 12.1 Å². The molecule has 6 atom stereocenters. The number of thiazole rings is 1. The van der Waals surface area contributed by atoms with Gasteiger partial charge in [-0.25, -0.2) is 10.4 Å². The van der Waals surface area contributed by atoms with Crippen LogP contribution in [0, 0.1) is 23.2 Å². The molecule has 6 bridgehead atoms. The van der Waals surface area contributed by atoms with Crippen LogP contribution in [0.1, 0.15) is 76.3 Å². The van der Waals surface area contributed by atoms with Gasteiger partial charge in [0.2, 0.25) is 5.91 Å². The summed E-state index contributed by atoms with van der Waals surface area (Å²) in [5.41, 5.74) is 9.74. The van der Waals surface area contributed by atoms with Crippen molar-refractivity contribution in [2.45, 2.75) is 91.5 Å². The SMILES string of the molecule is CO[C@@H](C)c1ncccc1-c1c2c3cc(ccc3n1CCCN(C)C)-c1csc(n1)C[C@H](NC(=O)[C@H]1[C@H](C)[C@@H]1C)C(=O)N1CCC[C@H](N1)C(=O)OCC(C)(C)C2. The first-order valence-corrected chi connectivity index (χ1v) is 20.9. The molecule has 2 N–H and O–H groups in total. The maximum Gasteiger partial charge on any atom is 0.324 e. The standard InChI is InChI=1S/C43H57N7O5S/c1-25-26(2)37(25)40(51)46-33-21-36-45-34(23-56-36)28-14-15-35-30(20-28)31(22-43(4,5)24-55-42(53)32-13-10-19-50(47-32)41(33)52)39(49(35)18-11-17-48(6)7)29-12-9-16-44-38(29)27(3)54-8/h9,12,14-16,20,23,25-27,32-33,37,47H,10-11,13,17-19,21-22,24H2,1-8H3,(H,46,51)/t25-,26+,27-,32-,33-,37+/m0/s1. The van der Waals surface area contributed by atoms with Gasteiger partial charge in [-0.15, -0.1) is 11.3 Å². The zero-order chi connectivity index (χ0) is 39.9. The maximum atomic E-state index is 14.2. The number of aryl methyl sites for hydroxylation is 1. The van der Waals surface area contributed by atoms with Crippen molar-refractivity contribution in [2.75, 3.05) is 40.9 Å². The van der Waals surface area contributed by atoms with Crippen molar-refractivity contribution < 1.29 is 23.9 Å². The lowest BCUT2D eigenvalue weighted by Crippen LogP contribution is -2.60. The molecule has 1 saturated heterocycles. The van der Waals surface area contributed by atoms with Crippen LogP contribution in [0.25, 0.3) is 33.4 Å². The number of nitrogens with zero attached hydrogens (tertiary/aromatic N) is 5. The summed E-state index contributed by atoms with van der Waals surface area (Å²) in [7, 11) is 5.90. The lowest BCUT2D eigenvalue weighted by atomic mass is 9.84. The van der Waals surface area contributed by atoms with E-state index in [-0.39, 0.29) is 54.7 Å². The van der Waals surface area contributed by atoms with Crippen LogP contribution >= 0.6 is 11.3 Å². The van der Waals surface area contributed by atoms with Crippen molar-refractivity contribution in [1.82, 2.24) is 35.2 Å². The van der Waals surface area contributed by atoms with E-state index in [1.807, 2.05) is 24.6 Å². The van der Waals surface area contributed by atoms with E-state index < -0.39 is 17.5 Å². The number of pyridine rings is 1. The van der Waals surface area contributed by atoms with Crippen LogP contribution in [0.4, 0.5) is 0 Å². The average Bonchev–Trinajstić information content (AvgIpc) is 3.45. The van der Waals surface area contributed by atoms with Crippen molar-refractivity contribution in [3.05, 3.63) is 58.2 Å². The molecule has 0 spiro atoms. The topological polar surface area (TPSA) is 131 Å². The molecule has 7 rings (SSSR count). The maximum absolute atomic E-state index is 14.2. The predicted molar refractivity (Wildman–Crippen MR) is 219 cm³/mol. The van der Waals surface area contributed by atoms with Crippen molar-refractivity contribution in [1.29, 1.82) is 0 Å². The molecule has 1 saturated carbocycles. The monoisotopic (exact) mass is 783 g/mol. The molecule has 4 aromatic rings. The number of hydrazine groups is 1. The molecule has 3 aliphatic rings. The Hall–Kier alpha value is -4.17. The number of nitrogens with one attached hydrogen (secondary N) is 2. The second-order valence-corrected chi connectivity index (χ2v) is 18.0. The molecule has 2 amide bonds. The summed E-state index contributed by atoms with van der Waals surface area (Å²) in [4.78, 5) is 53.5. The first kappa shape index (κ1) is 40.0. The second-order valence-electron chi connectivity index (χ2n) is 17.1. The smallest absolute Gasteiger partial charge is 0.324 e. The number of cyclic esters (lactones) is 1. The highest BCUT2D eigenvalue weighted by molar-refractivity contribution is 7.10. The number of hydrogen-bond acceptors (Lipinski definition) is 10. The van der Waals surface area contributed by atoms with Gasteiger partial charge in [-0.05, 0) is 94.9 Å². The molecule has 0 radical (unpaired) electrons. The van der Waals surface area contributed by atoms with Crippen molar-refractivity contribution >= 4 is 40.0 Å². The minimum absolute atomic E-state index is 0.113. The highest BCUT2D eigenvalue weighted by Crippen LogP contribution is 2.46. The van der Waals surface area contributed by atoms with E-state index >= 15 is 0 Å². The first-order valence-electron chi connectivity index (χ1n) is 20.0. The second kappa shape index (κ2) is 16.4. The van der Waals surface area contributed by atoms with Crippen LogP contribution < -0.4 is 10.7 Å². The molecule has 300 valence electrons. The third-order valence-corrected chi connectivity index (χ3v) is 12.8. The quantitative estimate of drug-likeness (QED) is 0.195. The number of rotatable bonds is 9. The molecule has 0 unspecified atom stereocenters. The fraction of sp³-hybridized carbons (Fsp3) is 0.558. The Bertz CT molecular complexity index is 2080. The summed E-state index contributed by atoms with van der Waals surface area (Å²) >= 11 is 1.49. The van der Waals surface area contributed by atoms with Crippen LogP contribution in [0.2, 0.25) is 0 Å². The van der Waals surface area contributed by atoms with Gasteiger partial charge in [0.15, 0.2) is 0 Å².